The lowest BCUT2D eigenvalue weighted by atomic mass is 10.0. The van der Waals surface area contributed by atoms with Crippen LogP contribution in [0.1, 0.15) is 26.7 Å². The first-order valence-electron chi connectivity index (χ1n) is 5.32. The molecule has 0 saturated heterocycles. The van der Waals surface area contributed by atoms with Crippen molar-refractivity contribution in [2.75, 3.05) is 0 Å². The zero-order valence-corrected chi connectivity index (χ0v) is 9.97. The maximum atomic E-state index is 11.5. The van der Waals surface area contributed by atoms with E-state index < -0.39 is 29.9 Å². The van der Waals surface area contributed by atoms with Crippen molar-refractivity contribution in [3.63, 3.8) is 0 Å². The summed E-state index contributed by atoms with van der Waals surface area (Å²) >= 11 is 0. The molecule has 0 aliphatic heterocycles. The highest BCUT2D eigenvalue weighted by molar-refractivity contribution is 5.87. The molecule has 98 valence electrons. The summed E-state index contributed by atoms with van der Waals surface area (Å²) in [5.41, 5.74) is 10.5. The Morgan fingerprint density at radius 1 is 1.29 bits per heavy atom. The van der Waals surface area contributed by atoms with Crippen molar-refractivity contribution in [2.45, 2.75) is 38.8 Å². The molecule has 0 rings (SSSR count). The summed E-state index contributed by atoms with van der Waals surface area (Å²) in [5.74, 6) is -2.47. The van der Waals surface area contributed by atoms with Gasteiger partial charge in [-0.25, -0.2) is 4.79 Å². The number of rotatable bonds is 7. The Labute approximate surface area is 99.5 Å². The number of carboxylic acids is 1. The molecule has 0 aliphatic carbocycles. The molecule has 0 aromatic carbocycles. The molecule has 1 unspecified atom stereocenters. The molecule has 7 heteroatoms. The van der Waals surface area contributed by atoms with Crippen LogP contribution in [0.3, 0.4) is 0 Å². The van der Waals surface area contributed by atoms with E-state index in [0.29, 0.717) is 0 Å². The van der Waals surface area contributed by atoms with E-state index in [0.717, 1.165) is 0 Å². The SMILES string of the molecule is CC(C)[C@H](N)C(=O)NC(CCC(N)=O)C(=O)O. The molecule has 7 nitrogen and oxygen atoms in total. The summed E-state index contributed by atoms with van der Waals surface area (Å²) in [6.45, 7) is 3.51. The van der Waals surface area contributed by atoms with Gasteiger partial charge in [-0.05, 0) is 12.3 Å². The lowest BCUT2D eigenvalue weighted by Gasteiger charge is -2.19. The first kappa shape index (κ1) is 15.4. The molecule has 0 aromatic rings. The topological polar surface area (TPSA) is 136 Å². The van der Waals surface area contributed by atoms with Crippen molar-refractivity contribution >= 4 is 17.8 Å². The number of nitrogens with one attached hydrogen (secondary N) is 1. The zero-order valence-electron chi connectivity index (χ0n) is 9.97. The van der Waals surface area contributed by atoms with E-state index in [2.05, 4.69) is 5.32 Å². The fraction of sp³-hybridized carbons (Fsp3) is 0.700. The van der Waals surface area contributed by atoms with Gasteiger partial charge in [0.15, 0.2) is 0 Å². The first-order valence-corrected chi connectivity index (χ1v) is 5.32. The van der Waals surface area contributed by atoms with E-state index in [-0.39, 0.29) is 18.8 Å². The van der Waals surface area contributed by atoms with E-state index in [1.54, 1.807) is 13.8 Å². The molecule has 0 bridgehead atoms. The molecule has 2 amide bonds. The van der Waals surface area contributed by atoms with Crippen molar-refractivity contribution in [1.82, 2.24) is 5.32 Å². The Morgan fingerprint density at radius 3 is 2.18 bits per heavy atom. The van der Waals surface area contributed by atoms with Crippen LogP contribution in [0.5, 0.6) is 0 Å². The highest BCUT2D eigenvalue weighted by Crippen LogP contribution is 2.02. The van der Waals surface area contributed by atoms with Gasteiger partial charge < -0.3 is 21.9 Å². The molecule has 2 atom stereocenters. The largest absolute Gasteiger partial charge is 0.480 e. The second kappa shape index (κ2) is 6.85. The number of hydrogen-bond donors (Lipinski definition) is 4. The third-order valence-electron chi connectivity index (χ3n) is 2.31. The third kappa shape index (κ3) is 5.86. The minimum absolute atomic E-state index is 0.0405. The average Bonchev–Trinajstić information content (AvgIpc) is 2.21. The van der Waals surface area contributed by atoms with Gasteiger partial charge in [0.1, 0.15) is 6.04 Å². The molecule has 0 aromatic heterocycles. The minimum atomic E-state index is -1.21. The standard InChI is InChI=1S/C10H19N3O4/c1-5(2)8(12)9(15)13-6(10(16)17)3-4-7(11)14/h5-6,8H,3-4,12H2,1-2H3,(H2,11,14)(H,13,15)(H,16,17)/t6?,8-/m0/s1. The Hall–Kier alpha value is -1.63. The number of aliphatic carboxylic acids is 1. The number of carbonyl (C=O) groups excluding carboxylic acids is 2. The molecule has 0 saturated carbocycles. The summed E-state index contributed by atoms with van der Waals surface area (Å²) in [6, 6.07) is -1.91. The summed E-state index contributed by atoms with van der Waals surface area (Å²) in [7, 11) is 0. The van der Waals surface area contributed by atoms with Gasteiger partial charge in [0.25, 0.3) is 0 Å². The van der Waals surface area contributed by atoms with Gasteiger partial charge in [-0.2, -0.15) is 0 Å². The predicted molar refractivity (Wildman–Crippen MR) is 60.8 cm³/mol. The second-order valence-electron chi connectivity index (χ2n) is 4.17. The predicted octanol–water partition coefficient (Wildman–Crippen LogP) is -1.20. The molecule has 6 N–H and O–H groups in total. The van der Waals surface area contributed by atoms with E-state index >= 15 is 0 Å². The highest BCUT2D eigenvalue weighted by Gasteiger charge is 2.24. The van der Waals surface area contributed by atoms with Gasteiger partial charge in [0.05, 0.1) is 6.04 Å². The molecule has 0 fully saturated rings. The zero-order chi connectivity index (χ0) is 13.6. The lowest BCUT2D eigenvalue weighted by Crippen LogP contribution is -2.50. The number of nitrogens with two attached hydrogens (primary N) is 2. The maximum absolute atomic E-state index is 11.5. The lowest BCUT2D eigenvalue weighted by molar-refractivity contribution is -0.142. The van der Waals surface area contributed by atoms with Gasteiger partial charge >= 0.3 is 5.97 Å². The van der Waals surface area contributed by atoms with Crippen LogP contribution in [0.2, 0.25) is 0 Å². The van der Waals surface area contributed by atoms with Crippen LogP contribution in [0.25, 0.3) is 0 Å². The number of carboxylic acid groups (broad SMARTS) is 1. The first-order chi connectivity index (χ1) is 7.75. The van der Waals surface area contributed by atoms with Crippen LogP contribution < -0.4 is 16.8 Å². The quantitative estimate of drug-likeness (QED) is 0.447. The Balaban J connectivity index is 4.39. The fourth-order valence-electron chi connectivity index (χ4n) is 1.11. The van der Waals surface area contributed by atoms with E-state index in [9.17, 15) is 14.4 Å². The summed E-state index contributed by atoms with van der Waals surface area (Å²) in [4.78, 5) is 32.9. The second-order valence-corrected chi connectivity index (χ2v) is 4.17. The average molecular weight is 245 g/mol. The van der Waals surface area contributed by atoms with Crippen molar-refractivity contribution in [1.29, 1.82) is 0 Å². The Bertz CT molecular complexity index is 304. The number of amides is 2. The maximum Gasteiger partial charge on any atom is 0.326 e. The number of primary amides is 1. The van der Waals surface area contributed by atoms with Crippen LogP contribution in [0.4, 0.5) is 0 Å². The Morgan fingerprint density at radius 2 is 1.82 bits per heavy atom. The summed E-state index contributed by atoms with van der Waals surface area (Å²) in [5, 5.41) is 11.1. The molecule has 0 spiro atoms. The Kier molecular flexibility index (Phi) is 6.19. The normalized spacial score (nSPS) is 14.1. The van der Waals surface area contributed by atoms with E-state index in [4.69, 9.17) is 16.6 Å². The van der Waals surface area contributed by atoms with E-state index in [1.807, 2.05) is 0 Å². The van der Waals surface area contributed by atoms with Crippen molar-refractivity contribution in [2.24, 2.45) is 17.4 Å². The molecular weight excluding hydrogens is 226 g/mol. The van der Waals surface area contributed by atoms with Crippen LogP contribution >= 0.6 is 0 Å². The van der Waals surface area contributed by atoms with Crippen molar-refractivity contribution in [3.8, 4) is 0 Å². The third-order valence-corrected chi connectivity index (χ3v) is 2.31. The minimum Gasteiger partial charge on any atom is -0.480 e. The van der Waals surface area contributed by atoms with Gasteiger partial charge in [-0.3, -0.25) is 9.59 Å². The van der Waals surface area contributed by atoms with Crippen LogP contribution in [0.15, 0.2) is 0 Å². The molecule has 0 radical (unpaired) electrons. The van der Waals surface area contributed by atoms with Crippen LogP contribution in [0, 0.1) is 5.92 Å². The number of carbonyl (C=O) groups is 3. The van der Waals surface area contributed by atoms with Crippen molar-refractivity contribution < 1.29 is 19.5 Å². The summed E-state index contributed by atoms with van der Waals surface area (Å²) in [6.07, 6.45) is -0.143. The molecule has 17 heavy (non-hydrogen) atoms. The molecular formula is C10H19N3O4. The molecule has 0 aliphatic rings. The smallest absolute Gasteiger partial charge is 0.326 e. The van der Waals surface area contributed by atoms with E-state index in [1.165, 1.54) is 0 Å². The monoisotopic (exact) mass is 245 g/mol. The van der Waals surface area contributed by atoms with Crippen LogP contribution in [-0.2, 0) is 14.4 Å². The highest BCUT2D eigenvalue weighted by atomic mass is 16.4. The van der Waals surface area contributed by atoms with Crippen LogP contribution in [-0.4, -0.2) is 35.0 Å². The fourth-order valence-corrected chi connectivity index (χ4v) is 1.11. The van der Waals surface area contributed by atoms with Crippen molar-refractivity contribution in [3.05, 3.63) is 0 Å². The van der Waals surface area contributed by atoms with Gasteiger partial charge in [-0.1, -0.05) is 13.8 Å². The van der Waals surface area contributed by atoms with Gasteiger partial charge in [0.2, 0.25) is 11.8 Å². The molecule has 0 heterocycles. The summed E-state index contributed by atoms with van der Waals surface area (Å²) < 4.78 is 0. The van der Waals surface area contributed by atoms with Gasteiger partial charge in [-0.15, -0.1) is 0 Å². The number of hydrogen-bond acceptors (Lipinski definition) is 4. The van der Waals surface area contributed by atoms with Gasteiger partial charge in [0, 0.05) is 6.42 Å².